The van der Waals surface area contributed by atoms with Crippen molar-refractivity contribution in [3.05, 3.63) is 42.0 Å². The number of anilines is 1. The van der Waals surface area contributed by atoms with Crippen molar-refractivity contribution in [2.24, 2.45) is 11.1 Å². The van der Waals surface area contributed by atoms with Gasteiger partial charge in [0.05, 0.1) is 11.6 Å². The SMILES string of the molecule is CN(CC(C)(C)CN)c1ccc(C#N)c2ccccc12. The van der Waals surface area contributed by atoms with Gasteiger partial charge in [0.2, 0.25) is 0 Å². The van der Waals surface area contributed by atoms with Gasteiger partial charge in [-0.05, 0) is 24.1 Å². The Morgan fingerprint density at radius 2 is 1.80 bits per heavy atom. The summed E-state index contributed by atoms with van der Waals surface area (Å²) in [5.41, 5.74) is 7.74. The molecule has 0 aliphatic rings. The molecule has 2 aromatic rings. The molecule has 0 fully saturated rings. The second kappa shape index (κ2) is 5.52. The van der Waals surface area contributed by atoms with Crippen LogP contribution in [0.4, 0.5) is 5.69 Å². The molecule has 0 bridgehead atoms. The van der Waals surface area contributed by atoms with E-state index in [1.807, 2.05) is 30.3 Å². The van der Waals surface area contributed by atoms with Crippen molar-refractivity contribution < 1.29 is 0 Å². The number of rotatable bonds is 4. The standard InChI is InChI=1S/C17H21N3/c1-17(2,11-19)12-20(3)16-9-8-13(10-18)14-6-4-5-7-15(14)16/h4-9H,11-12,19H2,1-3H3. The molecule has 2 N–H and O–H groups in total. The highest BCUT2D eigenvalue weighted by atomic mass is 15.1. The van der Waals surface area contributed by atoms with Crippen molar-refractivity contribution in [1.82, 2.24) is 0 Å². The summed E-state index contributed by atoms with van der Waals surface area (Å²) in [6.45, 7) is 5.84. The van der Waals surface area contributed by atoms with Crippen molar-refractivity contribution in [2.75, 3.05) is 25.0 Å². The fourth-order valence-corrected chi connectivity index (χ4v) is 2.51. The summed E-state index contributed by atoms with van der Waals surface area (Å²) < 4.78 is 0. The average molecular weight is 267 g/mol. The van der Waals surface area contributed by atoms with Gasteiger partial charge in [0.1, 0.15) is 0 Å². The molecule has 0 aliphatic heterocycles. The maximum Gasteiger partial charge on any atom is 0.0998 e. The number of nitrogens with two attached hydrogens (primary N) is 1. The molecule has 20 heavy (non-hydrogen) atoms. The molecule has 104 valence electrons. The maximum atomic E-state index is 9.21. The number of nitrogens with zero attached hydrogens (tertiary/aromatic N) is 2. The van der Waals surface area contributed by atoms with Crippen LogP contribution < -0.4 is 10.6 Å². The van der Waals surface area contributed by atoms with Gasteiger partial charge in [-0.1, -0.05) is 38.1 Å². The first-order chi connectivity index (χ1) is 9.48. The lowest BCUT2D eigenvalue weighted by molar-refractivity contribution is 0.385. The highest BCUT2D eigenvalue weighted by molar-refractivity contribution is 5.97. The fraction of sp³-hybridized carbons (Fsp3) is 0.353. The highest BCUT2D eigenvalue weighted by Crippen LogP contribution is 2.30. The number of nitriles is 1. The smallest absolute Gasteiger partial charge is 0.0998 e. The number of hydrogen-bond acceptors (Lipinski definition) is 3. The van der Waals surface area contributed by atoms with Crippen molar-refractivity contribution >= 4 is 16.5 Å². The zero-order chi connectivity index (χ0) is 14.8. The third-order valence-electron chi connectivity index (χ3n) is 3.65. The van der Waals surface area contributed by atoms with Gasteiger partial charge >= 0.3 is 0 Å². The number of fused-ring (bicyclic) bond motifs is 1. The second-order valence-corrected chi connectivity index (χ2v) is 6.01. The van der Waals surface area contributed by atoms with Crippen molar-refractivity contribution in [2.45, 2.75) is 13.8 Å². The predicted molar refractivity (Wildman–Crippen MR) is 84.8 cm³/mol. The Hall–Kier alpha value is -2.05. The molecule has 2 aromatic carbocycles. The monoisotopic (exact) mass is 267 g/mol. The van der Waals surface area contributed by atoms with Crippen LogP contribution in [0, 0.1) is 16.7 Å². The van der Waals surface area contributed by atoms with Crippen LogP contribution in [0.3, 0.4) is 0 Å². The summed E-state index contributed by atoms with van der Waals surface area (Å²) in [5.74, 6) is 0. The molecule has 0 amide bonds. The van der Waals surface area contributed by atoms with Crippen molar-refractivity contribution in [3.63, 3.8) is 0 Å². The molecule has 3 heteroatoms. The first-order valence-corrected chi connectivity index (χ1v) is 6.81. The van der Waals surface area contributed by atoms with Gasteiger partial charge in [0.25, 0.3) is 0 Å². The van der Waals surface area contributed by atoms with E-state index in [2.05, 4.69) is 37.9 Å². The van der Waals surface area contributed by atoms with Gasteiger partial charge in [-0.2, -0.15) is 5.26 Å². The lowest BCUT2D eigenvalue weighted by atomic mass is 9.92. The minimum absolute atomic E-state index is 0.0593. The van der Waals surface area contributed by atoms with Crippen LogP contribution in [0.5, 0.6) is 0 Å². The van der Waals surface area contributed by atoms with E-state index in [0.717, 1.165) is 28.6 Å². The van der Waals surface area contributed by atoms with Crippen LogP contribution >= 0.6 is 0 Å². The normalized spacial score (nSPS) is 11.3. The number of hydrogen-bond donors (Lipinski definition) is 1. The Balaban J connectivity index is 2.48. The van der Waals surface area contributed by atoms with Crippen LogP contribution in [0.1, 0.15) is 19.4 Å². The summed E-state index contributed by atoms with van der Waals surface area (Å²) in [6.07, 6.45) is 0. The molecule has 0 atom stereocenters. The molecule has 0 saturated carbocycles. The molecule has 2 rings (SSSR count). The minimum atomic E-state index is 0.0593. The predicted octanol–water partition coefficient (Wildman–Crippen LogP) is 3.13. The van der Waals surface area contributed by atoms with E-state index >= 15 is 0 Å². The van der Waals surface area contributed by atoms with E-state index in [1.165, 1.54) is 0 Å². The lowest BCUT2D eigenvalue weighted by Gasteiger charge is -2.31. The van der Waals surface area contributed by atoms with E-state index in [-0.39, 0.29) is 5.41 Å². The van der Waals surface area contributed by atoms with Crippen LogP contribution in [-0.2, 0) is 0 Å². The minimum Gasteiger partial charge on any atom is -0.374 e. The maximum absolute atomic E-state index is 9.21. The van der Waals surface area contributed by atoms with E-state index in [0.29, 0.717) is 6.54 Å². The van der Waals surface area contributed by atoms with Gasteiger partial charge in [-0.15, -0.1) is 0 Å². The van der Waals surface area contributed by atoms with E-state index in [1.54, 1.807) is 0 Å². The van der Waals surface area contributed by atoms with Gasteiger partial charge in [-0.3, -0.25) is 0 Å². The first kappa shape index (κ1) is 14.4. The Morgan fingerprint density at radius 1 is 1.15 bits per heavy atom. The quantitative estimate of drug-likeness (QED) is 0.926. The van der Waals surface area contributed by atoms with Crippen LogP contribution in [-0.4, -0.2) is 20.1 Å². The van der Waals surface area contributed by atoms with Crippen molar-refractivity contribution in [3.8, 4) is 6.07 Å². The topological polar surface area (TPSA) is 53.0 Å². The zero-order valence-corrected chi connectivity index (χ0v) is 12.4. The first-order valence-electron chi connectivity index (χ1n) is 6.81. The second-order valence-electron chi connectivity index (χ2n) is 6.01. The molecular weight excluding hydrogens is 246 g/mol. The summed E-state index contributed by atoms with van der Waals surface area (Å²) >= 11 is 0. The Labute approximate surface area is 120 Å². The summed E-state index contributed by atoms with van der Waals surface area (Å²) in [6, 6.07) is 14.2. The Bertz CT molecular complexity index is 653. The molecule has 3 nitrogen and oxygen atoms in total. The summed E-state index contributed by atoms with van der Waals surface area (Å²) in [5, 5.41) is 11.3. The third-order valence-corrected chi connectivity index (χ3v) is 3.65. The van der Waals surface area contributed by atoms with Crippen LogP contribution in [0.2, 0.25) is 0 Å². The third kappa shape index (κ3) is 2.76. The van der Waals surface area contributed by atoms with E-state index < -0.39 is 0 Å². The largest absolute Gasteiger partial charge is 0.374 e. The van der Waals surface area contributed by atoms with Crippen molar-refractivity contribution in [1.29, 1.82) is 5.26 Å². The molecule has 0 unspecified atom stereocenters. The molecule has 0 spiro atoms. The average Bonchev–Trinajstić information content (AvgIpc) is 2.45. The summed E-state index contributed by atoms with van der Waals surface area (Å²) in [4.78, 5) is 2.22. The van der Waals surface area contributed by atoms with E-state index in [9.17, 15) is 5.26 Å². The Kier molecular flexibility index (Phi) is 3.96. The fourth-order valence-electron chi connectivity index (χ4n) is 2.51. The van der Waals surface area contributed by atoms with Crippen LogP contribution in [0.15, 0.2) is 36.4 Å². The Morgan fingerprint density at radius 3 is 2.40 bits per heavy atom. The van der Waals surface area contributed by atoms with Gasteiger partial charge in [0, 0.05) is 30.1 Å². The molecule has 0 heterocycles. The lowest BCUT2D eigenvalue weighted by Crippen LogP contribution is -2.36. The summed E-state index contributed by atoms with van der Waals surface area (Å²) in [7, 11) is 2.07. The molecular formula is C17H21N3. The molecule has 0 aromatic heterocycles. The molecule has 0 radical (unpaired) electrons. The van der Waals surface area contributed by atoms with Gasteiger partial charge in [0.15, 0.2) is 0 Å². The number of benzene rings is 2. The van der Waals surface area contributed by atoms with Gasteiger partial charge in [-0.25, -0.2) is 0 Å². The molecule has 0 saturated heterocycles. The molecule has 0 aliphatic carbocycles. The van der Waals surface area contributed by atoms with E-state index in [4.69, 9.17) is 5.73 Å². The van der Waals surface area contributed by atoms with Crippen LogP contribution in [0.25, 0.3) is 10.8 Å². The van der Waals surface area contributed by atoms with Gasteiger partial charge < -0.3 is 10.6 Å². The highest BCUT2D eigenvalue weighted by Gasteiger charge is 2.19. The zero-order valence-electron chi connectivity index (χ0n) is 12.4.